The number of halogens is 1. The van der Waals surface area contributed by atoms with Crippen LogP contribution in [0.5, 0.6) is 0 Å². The zero-order valence-corrected chi connectivity index (χ0v) is 15.8. The lowest BCUT2D eigenvalue weighted by Gasteiger charge is -2.11. The number of guanidine groups is 1. The number of hydrogen-bond donors (Lipinski definition) is 2. The second-order valence-corrected chi connectivity index (χ2v) is 5.20. The van der Waals surface area contributed by atoms with Crippen LogP contribution in [0.2, 0.25) is 0 Å². The van der Waals surface area contributed by atoms with Gasteiger partial charge in [-0.3, -0.25) is 9.67 Å². The number of nitrogens with zero attached hydrogens (tertiary/aromatic N) is 3. The van der Waals surface area contributed by atoms with Gasteiger partial charge in [-0.05, 0) is 12.3 Å². The summed E-state index contributed by atoms with van der Waals surface area (Å²) < 4.78 is 7.32. The molecular formula is C14H28IN5O. The monoisotopic (exact) mass is 409 g/mol. The first-order valence-corrected chi connectivity index (χ1v) is 7.11. The second-order valence-electron chi connectivity index (χ2n) is 5.20. The van der Waals surface area contributed by atoms with Gasteiger partial charge in [-0.15, -0.1) is 24.0 Å². The smallest absolute Gasteiger partial charge is 0.191 e. The number of nitrogens with one attached hydrogen (secondary N) is 2. The van der Waals surface area contributed by atoms with E-state index in [0.717, 1.165) is 44.2 Å². The molecule has 0 aromatic carbocycles. The highest BCUT2D eigenvalue weighted by atomic mass is 127. The van der Waals surface area contributed by atoms with Gasteiger partial charge in [-0.2, -0.15) is 5.10 Å². The van der Waals surface area contributed by atoms with Gasteiger partial charge < -0.3 is 15.4 Å². The molecule has 0 atom stereocenters. The lowest BCUT2D eigenvalue weighted by Crippen LogP contribution is -2.37. The summed E-state index contributed by atoms with van der Waals surface area (Å²) in [5.41, 5.74) is 1.13. The van der Waals surface area contributed by atoms with E-state index in [-0.39, 0.29) is 24.0 Å². The van der Waals surface area contributed by atoms with Crippen LogP contribution >= 0.6 is 24.0 Å². The van der Waals surface area contributed by atoms with Crippen LogP contribution in [0.1, 0.15) is 25.8 Å². The van der Waals surface area contributed by atoms with Crippen LogP contribution in [0.15, 0.2) is 17.4 Å². The van der Waals surface area contributed by atoms with Gasteiger partial charge >= 0.3 is 0 Å². The molecule has 0 aliphatic carbocycles. The van der Waals surface area contributed by atoms with Crippen molar-refractivity contribution < 1.29 is 4.74 Å². The zero-order chi connectivity index (χ0) is 14.8. The normalized spacial score (nSPS) is 11.4. The predicted molar refractivity (Wildman–Crippen MR) is 97.1 cm³/mol. The number of aryl methyl sites for hydroxylation is 1. The van der Waals surface area contributed by atoms with E-state index in [0.29, 0.717) is 5.92 Å². The Hall–Kier alpha value is -0.830. The molecule has 0 radical (unpaired) electrons. The minimum absolute atomic E-state index is 0. The summed E-state index contributed by atoms with van der Waals surface area (Å²) in [6.45, 7) is 7.49. The molecular weight excluding hydrogens is 381 g/mol. The van der Waals surface area contributed by atoms with E-state index >= 15 is 0 Å². The van der Waals surface area contributed by atoms with E-state index in [9.17, 15) is 0 Å². The Morgan fingerprint density at radius 1 is 1.43 bits per heavy atom. The average Bonchev–Trinajstić information content (AvgIpc) is 2.82. The van der Waals surface area contributed by atoms with Gasteiger partial charge in [0.25, 0.3) is 0 Å². The summed E-state index contributed by atoms with van der Waals surface area (Å²) in [7, 11) is 3.68. The van der Waals surface area contributed by atoms with Crippen molar-refractivity contribution in [2.24, 2.45) is 18.0 Å². The third-order valence-electron chi connectivity index (χ3n) is 2.65. The first-order valence-electron chi connectivity index (χ1n) is 7.11. The number of hydrogen-bond acceptors (Lipinski definition) is 3. The van der Waals surface area contributed by atoms with Crippen molar-refractivity contribution in [3.63, 3.8) is 0 Å². The molecule has 0 aliphatic rings. The van der Waals surface area contributed by atoms with Crippen LogP contribution in [0.3, 0.4) is 0 Å². The summed E-state index contributed by atoms with van der Waals surface area (Å²) in [6, 6.07) is 0. The Balaban J connectivity index is 0.00000400. The molecule has 1 aromatic rings. The Morgan fingerprint density at radius 2 is 2.19 bits per heavy atom. The topological polar surface area (TPSA) is 63.5 Å². The first kappa shape index (κ1) is 20.2. The van der Waals surface area contributed by atoms with Crippen LogP contribution in [0.4, 0.5) is 0 Å². The third kappa shape index (κ3) is 9.67. The van der Waals surface area contributed by atoms with Crippen LogP contribution in [0, 0.1) is 5.92 Å². The van der Waals surface area contributed by atoms with Crippen molar-refractivity contribution in [2.45, 2.75) is 26.8 Å². The van der Waals surface area contributed by atoms with Gasteiger partial charge in [0.15, 0.2) is 5.96 Å². The number of aliphatic imine (C=N–C) groups is 1. The highest BCUT2D eigenvalue weighted by molar-refractivity contribution is 14.0. The van der Waals surface area contributed by atoms with Gasteiger partial charge in [0, 0.05) is 52.2 Å². The summed E-state index contributed by atoms with van der Waals surface area (Å²) in [5, 5.41) is 10.6. The van der Waals surface area contributed by atoms with E-state index in [1.807, 2.05) is 19.4 Å². The lowest BCUT2D eigenvalue weighted by molar-refractivity contribution is 0.108. The Kier molecular flexibility index (Phi) is 11.3. The fourth-order valence-corrected chi connectivity index (χ4v) is 1.67. The van der Waals surface area contributed by atoms with E-state index in [1.165, 1.54) is 0 Å². The Bertz CT molecular complexity index is 406. The van der Waals surface area contributed by atoms with Gasteiger partial charge in [0.1, 0.15) is 0 Å². The summed E-state index contributed by atoms with van der Waals surface area (Å²) >= 11 is 0. The molecule has 21 heavy (non-hydrogen) atoms. The molecule has 0 saturated heterocycles. The molecule has 0 unspecified atom stereocenters. The quantitative estimate of drug-likeness (QED) is 0.297. The molecule has 0 aliphatic heterocycles. The van der Waals surface area contributed by atoms with E-state index in [1.54, 1.807) is 11.7 Å². The average molecular weight is 409 g/mol. The molecule has 0 bridgehead atoms. The third-order valence-corrected chi connectivity index (χ3v) is 2.65. The maximum atomic E-state index is 5.53. The zero-order valence-electron chi connectivity index (χ0n) is 13.4. The standard InChI is InChI=1S/C14H27N5O.HI/c1-12(2)11-20-7-5-6-16-14(15-3)17-8-13-9-18-19(4)10-13;/h9-10,12H,5-8,11H2,1-4H3,(H2,15,16,17);1H. The molecule has 2 N–H and O–H groups in total. The van der Waals surface area contributed by atoms with Gasteiger partial charge in [0.05, 0.1) is 6.20 Å². The van der Waals surface area contributed by atoms with Crippen LogP contribution < -0.4 is 10.6 Å². The molecule has 0 fully saturated rings. The predicted octanol–water partition coefficient (Wildman–Crippen LogP) is 1.77. The molecule has 0 saturated carbocycles. The van der Waals surface area contributed by atoms with Crippen molar-refractivity contribution in [2.75, 3.05) is 26.8 Å². The Labute approximate surface area is 144 Å². The fraction of sp³-hybridized carbons (Fsp3) is 0.714. The lowest BCUT2D eigenvalue weighted by atomic mass is 10.2. The number of ether oxygens (including phenoxy) is 1. The highest BCUT2D eigenvalue weighted by Gasteiger charge is 2.00. The largest absolute Gasteiger partial charge is 0.381 e. The van der Waals surface area contributed by atoms with E-state index < -0.39 is 0 Å². The second kappa shape index (κ2) is 11.8. The van der Waals surface area contributed by atoms with Crippen molar-refractivity contribution in [1.82, 2.24) is 20.4 Å². The van der Waals surface area contributed by atoms with Gasteiger partial charge in [0.2, 0.25) is 0 Å². The van der Waals surface area contributed by atoms with Crippen molar-refractivity contribution in [3.05, 3.63) is 18.0 Å². The molecule has 1 aromatic heterocycles. The maximum absolute atomic E-state index is 5.53. The number of aromatic nitrogens is 2. The summed E-state index contributed by atoms with van der Waals surface area (Å²) in [5.74, 6) is 1.40. The maximum Gasteiger partial charge on any atom is 0.191 e. The number of rotatable bonds is 8. The minimum Gasteiger partial charge on any atom is -0.381 e. The van der Waals surface area contributed by atoms with Crippen LogP contribution in [0.25, 0.3) is 0 Å². The molecule has 0 amide bonds. The molecule has 7 heteroatoms. The van der Waals surface area contributed by atoms with Gasteiger partial charge in [-0.1, -0.05) is 13.8 Å². The molecule has 0 spiro atoms. The molecule has 122 valence electrons. The van der Waals surface area contributed by atoms with Crippen LogP contribution in [-0.4, -0.2) is 42.5 Å². The summed E-state index contributed by atoms with van der Waals surface area (Å²) in [4.78, 5) is 4.18. The van der Waals surface area contributed by atoms with Crippen LogP contribution in [-0.2, 0) is 18.3 Å². The first-order chi connectivity index (χ1) is 9.61. The molecule has 1 rings (SSSR count). The van der Waals surface area contributed by atoms with Gasteiger partial charge in [-0.25, -0.2) is 0 Å². The minimum atomic E-state index is 0. The summed E-state index contributed by atoms with van der Waals surface area (Å²) in [6.07, 6.45) is 4.81. The fourth-order valence-electron chi connectivity index (χ4n) is 1.67. The van der Waals surface area contributed by atoms with E-state index in [2.05, 4.69) is 34.6 Å². The SMILES string of the molecule is CN=C(NCCCOCC(C)C)NCc1cnn(C)c1.I. The van der Waals surface area contributed by atoms with Crippen molar-refractivity contribution >= 4 is 29.9 Å². The van der Waals surface area contributed by atoms with Crippen molar-refractivity contribution in [3.8, 4) is 0 Å². The van der Waals surface area contributed by atoms with E-state index in [4.69, 9.17) is 4.74 Å². The molecule has 6 nitrogen and oxygen atoms in total. The molecule has 1 heterocycles. The van der Waals surface area contributed by atoms with Crippen molar-refractivity contribution in [1.29, 1.82) is 0 Å². The highest BCUT2D eigenvalue weighted by Crippen LogP contribution is 1.95. The Morgan fingerprint density at radius 3 is 2.76 bits per heavy atom.